The Morgan fingerprint density at radius 2 is 1.95 bits per heavy atom. The van der Waals surface area contributed by atoms with Crippen LogP contribution in [0.3, 0.4) is 0 Å². The fourth-order valence-corrected chi connectivity index (χ4v) is 2.87. The molecule has 1 aromatic carbocycles. The minimum Gasteiger partial charge on any atom is -0.368 e. The molecule has 0 aliphatic carbocycles. The topological polar surface area (TPSA) is 28.2 Å². The number of benzene rings is 1. The summed E-state index contributed by atoms with van der Waals surface area (Å²) in [7, 11) is 0. The lowest BCUT2D eigenvalue weighted by Gasteiger charge is -2.30. The van der Waals surface area contributed by atoms with Crippen molar-refractivity contribution in [3.63, 3.8) is 0 Å². The second kappa shape index (κ2) is 5.16. The lowest BCUT2D eigenvalue weighted by molar-refractivity contribution is 0.590. The standard InChI is InChI=1S/C14H15Cl2N3/c1-9-8-12(19-6-4-17-5-7-19)10-2-3-11(15)13(16)14(10)18-9/h2-3,8,17H,4-7H2,1H3. The van der Waals surface area contributed by atoms with Crippen LogP contribution < -0.4 is 10.2 Å². The zero-order valence-corrected chi connectivity index (χ0v) is 12.2. The zero-order valence-electron chi connectivity index (χ0n) is 10.7. The van der Waals surface area contributed by atoms with Gasteiger partial charge in [-0.25, -0.2) is 0 Å². The van der Waals surface area contributed by atoms with Crippen LogP contribution in [0.15, 0.2) is 18.2 Å². The molecule has 3 nitrogen and oxygen atoms in total. The largest absolute Gasteiger partial charge is 0.368 e. The van der Waals surface area contributed by atoms with E-state index < -0.39 is 0 Å². The molecule has 5 heteroatoms. The molecule has 1 N–H and O–H groups in total. The van der Waals surface area contributed by atoms with E-state index in [1.54, 1.807) is 0 Å². The normalized spacial score (nSPS) is 16.1. The summed E-state index contributed by atoms with van der Waals surface area (Å²) in [6, 6.07) is 5.97. The third kappa shape index (κ3) is 2.38. The summed E-state index contributed by atoms with van der Waals surface area (Å²) >= 11 is 12.4. The van der Waals surface area contributed by atoms with Gasteiger partial charge < -0.3 is 10.2 Å². The Labute approximate surface area is 122 Å². The Bertz CT molecular complexity index is 622. The highest BCUT2D eigenvalue weighted by atomic mass is 35.5. The van der Waals surface area contributed by atoms with Gasteiger partial charge in [0.05, 0.1) is 15.6 Å². The van der Waals surface area contributed by atoms with Crippen LogP contribution in [0.25, 0.3) is 10.9 Å². The lowest BCUT2D eigenvalue weighted by Crippen LogP contribution is -2.43. The molecular weight excluding hydrogens is 281 g/mol. The fourth-order valence-electron chi connectivity index (χ4n) is 2.51. The molecule has 19 heavy (non-hydrogen) atoms. The lowest BCUT2D eigenvalue weighted by atomic mass is 10.1. The maximum absolute atomic E-state index is 6.28. The molecule has 0 amide bonds. The number of pyridine rings is 1. The first-order chi connectivity index (χ1) is 9.16. The van der Waals surface area contributed by atoms with Gasteiger partial charge in [0.15, 0.2) is 0 Å². The van der Waals surface area contributed by atoms with Crippen molar-refractivity contribution in [2.45, 2.75) is 6.92 Å². The quantitative estimate of drug-likeness (QED) is 0.875. The first-order valence-electron chi connectivity index (χ1n) is 6.38. The summed E-state index contributed by atoms with van der Waals surface area (Å²) in [6.07, 6.45) is 0. The number of nitrogens with one attached hydrogen (secondary N) is 1. The van der Waals surface area contributed by atoms with Crippen LogP contribution in [-0.2, 0) is 0 Å². The number of aromatic nitrogens is 1. The summed E-state index contributed by atoms with van der Waals surface area (Å²) in [6.45, 7) is 5.99. The average Bonchev–Trinajstić information content (AvgIpc) is 2.44. The van der Waals surface area contributed by atoms with Gasteiger partial charge in [-0.05, 0) is 25.1 Å². The SMILES string of the molecule is Cc1cc(N2CCNCC2)c2ccc(Cl)c(Cl)c2n1. The van der Waals surface area contributed by atoms with E-state index in [1.807, 2.05) is 19.1 Å². The Balaban J connectivity index is 2.20. The summed E-state index contributed by atoms with van der Waals surface area (Å²) < 4.78 is 0. The molecule has 0 spiro atoms. The van der Waals surface area contributed by atoms with Crippen molar-refractivity contribution >= 4 is 39.8 Å². The first kappa shape index (κ1) is 13.0. The average molecular weight is 296 g/mol. The number of halogens is 2. The number of hydrogen-bond acceptors (Lipinski definition) is 3. The summed E-state index contributed by atoms with van der Waals surface area (Å²) in [5.41, 5.74) is 2.95. The number of aryl methyl sites for hydroxylation is 1. The second-order valence-electron chi connectivity index (χ2n) is 4.78. The van der Waals surface area contributed by atoms with Crippen molar-refractivity contribution in [2.75, 3.05) is 31.1 Å². The molecule has 2 heterocycles. The van der Waals surface area contributed by atoms with Crippen molar-refractivity contribution in [1.82, 2.24) is 10.3 Å². The zero-order chi connectivity index (χ0) is 13.4. The van der Waals surface area contributed by atoms with Gasteiger partial charge in [-0.3, -0.25) is 4.98 Å². The van der Waals surface area contributed by atoms with Crippen molar-refractivity contribution < 1.29 is 0 Å². The number of hydrogen-bond donors (Lipinski definition) is 1. The third-order valence-electron chi connectivity index (χ3n) is 3.44. The van der Waals surface area contributed by atoms with E-state index in [1.165, 1.54) is 5.69 Å². The molecule has 1 saturated heterocycles. The molecule has 1 aliphatic rings. The third-order valence-corrected chi connectivity index (χ3v) is 4.23. The van der Waals surface area contributed by atoms with E-state index in [9.17, 15) is 0 Å². The van der Waals surface area contributed by atoms with Crippen molar-refractivity contribution in [3.05, 3.63) is 33.9 Å². The molecule has 0 unspecified atom stereocenters. The van der Waals surface area contributed by atoms with Gasteiger partial charge in [-0.1, -0.05) is 23.2 Å². The van der Waals surface area contributed by atoms with Gasteiger partial charge in [0.25, 0.3) is 0 Å². The molecule has 1 fully saturated rings. The Morgan fingerprint density at radius 3 is 2.68 bits per heavy atom. The molecule has 0 saturated carbocycles. The van der Waals surface area contributed by atoms with E-state index in [-0.39, 0.29) is 0 Å². The summed E-state index contributed by atoms with van der Waals surface area (Å²) in [5, 5.41) is 5.53. The van der Waals surface area contributed by atoms with Crippen LogP contribution in [-0.4, -0.2) is 31.2 Å². The molecule has 0 bridgehead atoms. The Kier molecular flexibility index (Phi) is 3.52. The smallest absolute Gasteiger partial charge is 0.0927 e. The Morgan fingerprint density at radius 1 is 1.21 bits per heavy atom. The van der Waals surface area contributed by atoms with Crippen LogP contribution in [0.1, 0.15) is 5.69 Å². The first-order valence-corrected chi connectivity index (χ1v) is 7.13. The number of rotatable bonds is 1. The molecule has 1 aliphatic heterocycles. The molecule has 0 radical (unpaired) electrons. The van der Waals surface area contributed by atoms with Gasteiger partial charge in [-0.2, -0.15) is 0 Å². The second-order valence-corrected chi connectivity index (χ2v) is 5.56. The van der Waals surface area contributed by atoms with Gasteiger partial charge in [0, 0.05) is 42.9 Å². The van der Waals surface area contributed by atoms with Crippen LogP contribution in [0, 0.1) is 6.92 Å². The van der Waals surface area contributed by atoms with Crippen molar-refractivity contribution in [2.24, 2.45) is 0 Å². The van der Waals surface area contributed by atoms with Crippen LogP contribution in [0.5, 0.6) is 0 Å². The highest BCUT2D eigenvalue weighted by molar-refractivity contribution is 6.45. The maximum Gasteiger partial charge on any atom is 0.0927 e. The summed E-state index contributed by atoms with van der Waals surface area (Å²) in [5.74, 6) is 0. The maximum atomic E-state index is 6.28. The fraction of sp³-hybridized carbons (Fsp3) is 0.357. The number of anilines is 1. The van der Waals surface area contributed by atoms with E-state index in [2.05, 4.69) is 21.3 Å². The minimum absolute atomic E-state index is 0.541. The highest BCUT2D eigenvalue weighted by Crippen LogP contribution is 2.35. The van der Waals surface area contributed by atoms with Crippen molar-refractivity contribution in [1.29, 1.82) is 0 Å². The Hall–Kier alpha value is -1.03. The number of fused-ring (bicyclic) bond motifs is 1. The van der Waals surface area contributed by atoms with Gasteiger partial charge in [0.2, 0.25) is 0 Å². The molecule has 100 valence electrons. The molecule has 1 aromatic heterocycles. The highest BCUT2D eigenvalue weighted by Gasteiger charge is 2.16. The molecule has 2 aromatic rings. The predicted octanol–water partition coefficient (Wildman–Crippen LogP) is 3.26. The monoisotopic (exact) mass is 295 g/mol. The van der Waals surface area contributed by atoms with Crippen molar-refractivity contribution in [3.8, 4) is 0 Å². The van der Waals surface area contributed by atoms with E-state index >= 15 is 0 Å². The van der Waals surface area contributed by atoms with Crippen LogP contribution >= 0.6 is 23.2 Å². The van der Waals surface area contributed by atoms with E-state index in [4.69, 9.17) is 23.2 Å². The van der Waals surface area contributed by atoms with Crippen LogP contribution in [0.2, 0.25) is 10.0 Å². The van der Waals surface area contributed by atoms with Gasteiger partial charge in [0.1, 0.15) is 0 Å². The van der Waals surface area contributed by atoms with Gasteiger partial charge in [-0.15, -0.1) is 0 Å². The molecular formula is C14H15Cl2N3. The number of nitrogens with zero attached hydrogens (tertiary/aromatic N) is 2. The molecule has 3 rings (SSSR count). The predicted molar refractivity (Wildman–Crippen MR) is 81.6 cm³/mol. The molecule has 0 atom stereocenters. The number of piperazine rings is 1. The van der Waals surface area contributed by atoms with E-state index in [0.29, 0.717) is 10.0 Å². The minimum atomic E-state index is 0.541. The summed E-state index contributed by atoms with van der Waals surface area (Å²) in [4.78, 5) is 6.91. The van der Waals surface area contributed by atoms with Crippen LogP contribution in [0.4, 0.5) is 5.69 Å². The van der Waals surface area contributed by atoms with Gasteiger partial charge >= 0.3 is 0 Å². The van der Waals surface area contributed by atoms with E-state index in [0.717, 1.165) is 42.8 Å².